The van der Waals surface area contributed by atoms with Crippen molar-refractivity contribution in [2.45, 2.75) is 18.2 Å². The van der Waals surface area contributed by atoms with Gasteiger partial charge in [0.1, 0.15) is 5.75 Å². The third kappa shape index (κ3) is 5.13. The van der Waals surface area contributed by atoms with E-state index in [1.807, 2.05) is 0 Å². The highest BCUT2D eigenvalue weighted by atomic mass is 35.5. The van der Waals surface area contributed by atoms with Gasteiger partial charge in [0.05, 0.1) is 7.11 Å². The van der Waals surface area contributed by atoms with E-state index in [0.29, 0.717) is 5.75 Å². The van der Waals surface area contributed by atoms with Gasteiger partial charge in [-0.3, -0.25) is 10.1 Å². The summed E-state index contributed by atoms with van der Waals surface area (Å²) in [6, 6.07) is 11.2. The molecular formula is C18H16ClF3N2O4. The van der Waals surface area contributed by atoms with Gasteiger partial charge >= 0.3 is 11.8 Å². The first kappa shape index (κ1) is 21.5. The van der Waals surface area contributed by atoms with Gasteiger partial charge < -0.3 is 9.57 Å². The molecule has 2 rings (SSSR count). The SMILES string of the molecule is COc1ccc(C/C=N/O[C@](C[N+](=O)[O-])(c2ccc(Cl)cc2)C(F)(F)F)cc1. The van der Waals surface area contributed by atoms with Crippen molar-refractivity contribution in [2.24, 2.45) is 5.16 Å². The Morgan fingerprint density at radius 1 is 1.14 bits per heavy atom. The second-order valence-corrected chi connectivity index (χ2v) is 6.19. The van der Waals surface area contributed by atoms with Crippen molar-refractivity contribution < 1.29 is 27.7 Å². The van der Waals surface area contributed by atoms with Crippen LogP contribution in [0.15, 0.2) is 53.7 Å². The smallest absolute Gasteiger partial charge is 0.442 e. The van der Waals surface area contributed by atoms with Crippen molar-refractivity contribution in [1.29, 1.82) is 0 Å². The minimum atomic E-state index is -5.09. The molecule has 2 aromatic carbocycles. The first-order valence-corrected chi connectivity index (χ1v) is 8.33. The number of nitro groups is 1. The molecule has 28 heavy (non-hydrogen) atoms. The van der Waals surface area contributed by atoms with Crippen LogP contribution in [0.4, 0.5) is 13.2 Å². The summed E-state index contributed by atoms with van der Waals surface area (Å²) < 4.78 is 46.4. The van der Waals surface area contributed by atoms with Crippen LogP contribution in [-0.4, -0.2) is 31.0 Å². The molecule has 6 nitrogen and oxygen atoms in total. The van der Waals surface area contributed by atoms with E-state index in [-0.39, 0.29) is 11.4 Å². The van der Waals surface area contributed by atoms with Crippen molar-refractivity contribution in [1.82, 2.24) is 0 Å². The highest BCUT2D eigenvalue weighted by Gasteiger charge is 2.63. The zero-order valence-corrected chi connectivity index (χ0v) is 15.4. The van der Waals surface area contributed by atoms with Crippen LogP contribution in [0.2, 0.25) is 5.02 Å². The molecule has 1 atom stereocenters. The van der Waals surface area contributed by atoms with E-state index < -0.39 is 28.8 Å². The molecule has 0 aliphatic rings. The van der Waals surface area contributed by atoms with E-state index in [4.69, 9.17) is 21.2 Å². The van der Waals surface area contributed by atoms with E-state index in [1.165, 1.54) is 19.2 Å². The predicted octanol–water partition coefficient (Wildman–Crippen LogP) is 4.63. The molecule has 0 spiro atoms. The van der Waals surface area contributed by atoms with Gasteiger partial charge in [0.2, 0.25) is 0 Å². The molecule has 10 heteroatoms. The Bertz CT molecular complexity index is 826. The molecular weight excluding hydrogens is 401 g/mol. The van der Waals surface area contributed by atoms with E-state index in [0.717, 1.165) is 23.9 Å². The fourth-order valence-corrected chi connectivity index (χ4v) is 2.54. The van der Waals surface area contributed by atoms with Crippen LogP contribution in [-0.2, 0) is 16.9 Å². The molecule has 0 heterocycles. The van der Waals surface area contributed by atoms with Gasteiger partial charge in [-0.25, -0.2) is 0 Å². The third-order valence-electron chi connectivity index (χ3n) is 3.89. The summed E-state index contributed by atoms with van der Waals surface area (Å²) in [7, 11) is 1.51. The minimum absolute atomic E-state index is 0.164. The van der Waals surface area contributed by atoms with Gasteiger partial charge in [0.25, 0.3) is 6.54 Å². The van der Waals surface area contributed by atoms with Crippen LogP contribution in [0.3, 0.4) is 0 Å². The molecule has 0 fully saturated rings. The largest absolute Gasteiger partial charge is 0.497 e. The van der Waals surface area contributed by atoms with Crippen LogP contribution in [0.25, 0.3) is 0 Å². The molecule has 0 N–H and O–H groups in total. The summed E-state index contributed by atoms with van der Waals surface area (Å²) in [4.78, 5) is 14.6. The van der Waals surface area contributed by atoms with Crippen molar-refractivity contribution >= 4 is 17.8 Å². The normalized spacial score (nSPS) is 13.9. The van der Waals surface area contributed by atoms with Gasteiger partial charge in [-0.1, -0.05) is 41.0 Å². The maximum Gasteiger partial charge on any atom is 0.442 e. The Balaban J connectivity index is 2.27. The lowest BCUT2D eigenvalue weighted by atomic mass is 9.93. The fourth-order valence-electron chi connectivity index (χ4n) is 2.41. The average molecular weight is 417 g/mol. The Morgan fingerprint density at radius 2 is 1.75 bits per heavy atom. The number of hydrogen-bond acceptors (Lipinski definition) is 5. The highest BCUT2D eigenvalue weighted by molar-refractivity contribution is 6.30. The Labute approximate surface area is 163 Å². The van der Waals surface area contributed by atoms with E-state index >= 15 is 0 Å². The standard InChI is InChI=1S/C18H16ClF3N2O4/c1-27-16-8-2-13(3-9-16)10-11-23-28-17(12-24(25)26,18(20,21)22)14-4-6-15(19)7-5-14/h2-9,11H,10,12H2,1H3/b23-11+/t17-/m1/s1. The highest BCUT2D eigenvalue weighted by Crippen LogP contribution is 2.43. The number of ether oxygens (including phenoxy) is 1. The summed E-state index contributed by atoms with van der Waals surface area (Å²) in [6.07, 6.45) is -3.82. The lowest BCUT2D eigenvalue weighted by molar-refractivity contribution is -0.522. The van der Waals surface area contributed by atoms with Gasteiger partial charge in [0.15, 0.2) is 0 Å². The van der Waals surface area contributed by atoms with Crippen molar-refractivity contribution in [3.05, 3.63) is 74.8 Å². The molecule has 150 valence electrons. The van der Waals surface area contributed by atoms with E-state index in [1.54, 1.807) is 24.3 Å². The van der Waals surface area contributed by atoms with Crippen LogP contribution < -0.4 is 4.74 Å². The van der Waals surface area contributed by atoms with Gasteiger partial charge in [-0.15, -0.1) is 0 Å². The number of nitrogens with zero attached hydrogens (tertiary/aromatic N) is 2. The van der Waals surface area contributed by atoms with E-state index in [2.05, 4.69) is 5.16 Å². The molecule has 0 unspecified atom stereocenters. The molecule has 0 amide bonds. The fraction of sp³-hybridized carbons (Fsp3) is 0.278. The number of benzene rings is 2. The number of alkyl halides is 3. The summed E-state index contributed by atoms with van der Waals surface area (Å²) in [6.45, 7) is -1.54. The van der Waals surface area contributed by atoms with Gasteiger partial charge in [0, 0.05) is 28.1 Å². The van der Waals surface area contributed by atoms with Gasteiger partial charge in [-0.2, -0.15) is 13.2 Å². The quantitative estimate of drug-likeness (QED) is 0.357. The number of halogens is 4. The van der Waals surface area contributed by atoms with Crippen molar-refractivity contribution in [2.75, 3.05) is 13.7 Å². The van der Waals surface area contributed by atoms with Crippen LogP contribution in [0, 0.1) is 10.1 Å². The second-order valence-electron chi connectivity index (χ2n) is 5.75. The number of hydrogen-bond donors (Lipinski definition) is 0. The van der Waals surface area contributed by atoms with Crippen LogP contribution in [0.1, 0.15) is 11.1 Å². The summed E-state index contributed by atoms with van der Waals surface area (Å²) in [5.74, 6) is 0.627. The van der Waals surface area contributed by atoms with Crippen LogP contribution in [0.5, 0.6) is 5.75 Å². The molecule has 0 radical (unpaired) electrons. The molecule has 0 aliphatic heterocycles. The molecule has 0 aliphatic carbocycles. The zero-order chi connectivity index (χ0) is 20.8. The summed E-state index contributed by atoms with van der Waals surface area (Å²) in [5, 5.41) is 14.5. The molecule has 2 aromatic rings. The minimum Gasteiger partial charge on any atom is -0.497 e. The molecule has 0 aromatic heterocycles. The third-order valence-corrected chi connectivity index (χ3v) is 4.14. The predicted molar refractivity (Wildman–Crippen MR) is 97.3 cm³/mol. The lowest BCUT2D eigenvalue weighted by Gasteiger charge is -2.30. The topological polar surface area (TPSA) is 74.0 Å². The maximum absolute atomic E-state index is 13.8. The van der Waals surface area contributed by atoms with Crippen molar-refractivity contribution in [3.63, 3.8) is 0 Å². The Kier molecular flexibility index (Phi) is 6.85. The monoisotopic (exact) mass is 416 g/mol. The first-order valence-electron chi connectivity index (χ1n) is 7.95. The van der Waals surface area contributed by atoms with Gasteiger partial charge in [-0.05, 0) is 29.8 Å². The lowest BCUT2D eigenvalue weighted by Crippen LogP contribution is -2.49. The Morgan fingerprint density at radius 3 is 2.25 bits per heavy atom. The Hall–Kier alpha value is -2.81. The number of rotatable bonds is 8. The molecule has 0 bridgehead atoms. The first-order chi connectivity index (χ1) is 13.2. The zero-order valence-electron chi connectivity index (χ0n) is 14.6. The molecule has 0 saturated carbocycles. The summed E-state index contributed by atoms with van der Waals surface area (Å²) in [5.41, 5.74) is -2.97. The van der Waals surface area contributed by atoms with E-state index in [9.17, 15) is 23.3 Å². The van der Waals surface area contributed by atoms with Crippen LogP contribution >= 0.6 is 11.6 Å². The average Bonchev–Trinajstić information content (AvgIpc) is 2.64. The second kappa shape index (κ2) is 8.92. The van der Waals surface area contributed by atoms with Crippen molar-refractivity contribution in [3.8, 4) is 5.75 Å². The summed E-state index contributed by atoms with van der Waals surface area (Å²) >= 11 is 5.70. The number of oxime groups is 1. The number of methoxy groups -OCH3 is 1. The maximum atomic E-state index is 13.8. The molecule has 0 saturated heterocycles.